The van der Waals surface area contributed by atoms with Gasteiger partial charge in [0.05, 0.1) is 24.0 Å². The summed E-state index contributed by atoms with van der Waals surface area (Å²) in [7, 11) is 0. The number of carbonyl (C=O) groups is 2. The zero-order valence-corrected chi connectivity index (χ0v) is 18.7. The molecule has 0 aliphatic carbocycles. The van der Waals surface area contributed by atoms with Gasteiger partial charge in [0.2, 0.25) is 5.91 Å². The first kappa shape index (κ1) is 22.2. The maximum absolute atomic E-state index is 12.5. The van der Waals surface area contributed by atoms with Crippen molar-refractivity contribution < 1.29 is 14.7 Å². The Morgan fingerprint density at radius 2 is 1.79 bits per heavy atom. The lowest BCUT2D eigenvalue weighted by Gasteiger charge is -2.34. The number of piperazine rings is 1. The second-order valence-electron chi connectivity index (χ2n) is 8.08. The summed E-state index contributed by atoms with van der Waals surface area (Å²) in [6.07, 6.45) is 4.50. The van der Waals surface area contributed by atoms with Gasteiger partial charge >= 0.3 is 6.09 Å². The number of hydrogen-bond donors (Lipinski definition) is 2. The van der Waals surface area contributed by atoms with Crippen LogP contribution in [0.4, 0.5) is 16.3 Å². The summed E-state index contributed by atoms with van der Waals surface area (Å²) in [5.41, 5.74) is 5.54. The van der Waals surface area contributed by atoms with Crippen LogP contribution < -0.4 is 10.2 Å². The van der Waals surface area contributed by atoms with Crippen LogP contribution in [0.15, 0.2) is 48.9 Å². The van der Waals surface area contributed by atoms with Crippen LogP contribution in [0.3, 0.4) is 0 Å². The second-order valence-corrected chi connectivity index (χ2v) is 8.08. The Bertz CT molecular complexity index is 1160. The minimum absolute atomic E-state index is 0.168. The largest absolute Gasteiger partial charge is 0.465 e. The van der Waals surface area contributed by atoms with E-state index in [0.717, 1.165) is 33.8 Å². The minimum atomic E-state index is -0.890. The van der Waals surface area contributed by atoms with E-state index in [1.165, 1.54) is 4.90 Å². The zero-order chi connectivity index (χ0) is 23.4. The first-order valence-corrected chi connectivity index (χ1v) is 10.8. The van der Waals surface area contributed by atoms with Crippen molar-refractivity contribution in [3.8, 4) is 11.3 Å². The number of hydrogen-bond acceptors (Lipinski definition) is 6. The predicted molar refractivity (Wildman–Crippen MR) is 125 cm³/mol. The first-order chi connectivity index (χ1) is 15.9. The maximum atomic E-state index is 12.5. The smallest absolute Gasteiger partial charge is 0.407 e. The van der Waals surface area contributed by atoms with E-state index in [4.69, 9.17) is 5.11 Å². The summed E-state index contributed by atoms with van der Waals surface area (Å²) in [5.74, 6) is 0.306. The molecular formula is C24H26N6O3. The number of nitrogens with one attached hydrogen (secondary N) is 1. The van der Waals surface area contributed by atoms with Crippen molar-refractivity contribution in [1.82, 2.24) is 19.9 Å². The highest BCUT2D eigenvalue weighted by Crippen LogP contribution is 2.22. The lowest BCUT2D eigenvalue weighted by Crippen LogP contribution is -2.48. The summed E-state index contributed by atoms with van der Waals surface area (Å²) in [4.78, 5) is 40.2. The molecule has 0 radical (unpaired) electrons. The molecule has 4 rings (SSSR count). The van der Waals surface area contributed by atoms with Gasteiger partial charge in [-0.05, 0) is 49.2 Å². The molecule has 33 heavy (non-hydrogen) atoms. The fraction of sp³-hybridized carbons (Fsp3) is 0.292. The normalized spacial score (nSPS) is 13.6. The van der Waals surface area contributed by atoms with Crippen LogP contribution >= 0.6 is 0 Å². The maximum Gasteiger partial charge on any atom is 0.407 e. The molecule has 9 heteroatoms. The summed E-state index contributed by atoms with van der Waals surface area (Å²) >= 11 is 0. The molecule has 0 aromatic carbocycles. The zero-order valence-electron chi connectivity index (χ0n) is 18.7. The third kappa shape index (κ3) is 5.43. The number of carbonyl (C=O) groups excluding carboxylic acids is 1. The monoisotopic (exact) mass is 446 g/mol. The van der Waals surface area contributed by atoms with Crippen LogP contribution in [0.25, 0.3) is 11.3 Å². The number of carboxylic acid groups (broad SMARTS) is 1. The quantitative estimate of drug-likeness (QED) is 0.619. The van der Waals surface area contributed by atoms with Gasteiger partial charge in [-0.1, -0.05) is 6.07 Å². The van der Waals surface area contributed by atoms with E-state index in [2.05, 4.69) is 25.2 Å². The fourth-order valence-electron chi connectivity index (χ4n) is 3.90. The number of aryl methyl sites for hydroxylation is 2. The number of pyridine rings is 3. The number of aromatic nitrogens is 3. The SMILES string of the molecule is Cc1cc(-c2ncc(CC(=O)Nc3ccc(N4CCN(C(=O)O)CC4)cn3)cc2C)ccn1. The number of anilines is 2. The third-order valence-corrected chi connectivity index (χ3v) is 5.60. The minimum Gasteiger partial charge on any atom is -0.465 e. The molecule has 3 aromatic rings. The van der Waals surface area contributed by atoms with Crippen molar-refractivity contribution in [2.24, 2.45) is 0 Å². The first-order valence-electron chi connectivity index (χ1n) is 10.8. The standard InChI is InChI=1S/C24H26N6O3/c1-16-11-18(14-27-23(16)19-5-6-25-17(2)12-19)13-22(31)28-21-4-3-20(15-26-21)29-7-9-30(10-8-29)24(32)33/h3-6,11-12,14-15H,7-10,13H2,1-2H3,(H,32,33)(H,26,28,31). The predicted octanol–water partition coefficient (Wildman–Crippen LogP) is 3.14. The molecule has 0 bridgehead atoms. The Balaban J connectivity index is 1.34. The van der Waals surface area contributed by atoms with Gasteiger partial charge in [0.1, 0.15) is 5.82 Å². The van der Waals surface area contributed by atoms with Crippen molar-refractivity contribution in [3.63, 3.8) is 0 Å². The van der Waals surface area contributed by atoms with E-state index >= 15 is 0 Å². The molecule has 0 unspecified atom stereocenters. The topological polar surface area (TPSA) is 112 Å². The van der Waals surface area contributed by atoms with Crippen LogP contribution in [0, 0.1) is 13.8 Å². The lowest BCUT2D eigenvalue weighted by molar-refractivity contribution is -0.115. The highest BCUT2D eigenvalue weighted by molar-refractivity contribution is 5.91. The molecular weight excluding hydrogens is 420 g/mol. The van der Waals surface area contributed by atoms with Gasteiger partial charge in [0, 0.05) is 49.8 Å². The van der Waals surface area contributed by atoms with E-state index in [-0.39, 0.29) is 12.3 Å². The fourth-order valence-corrected chi connectivity index (χ4v) is 3.90. The van der Waals surface area contributed by atoms with Crippen LogP contribution in [-0.4, -0.2) is 63.1 Å². The molecule has 170 valence electrons. The molecule has 9 nitrogen and oxygen atoms in total. The summed E-state index contributed by atoms with van der Waals surface area (Å²) in [6, 6.07) is 9.54. The Hall–Kier alpha value is -4.01. The van der Waals surface area contributed by atoms with Crippen molar-refractivity contribution >= 4 is 23.5 Å². The second kappa shape index (κ2) is 9.64. The van der Waals surface area contributed by atoms with Gasteiger partial charge < -0.3 is 20.2 Å². The summed E-state index contributed by atoms with van der Waals surface area (Å²) in [6.45, 7) is 6.07. The van der Waals surface area contributed by atoms with Crippen molar-refractivity contribution in [1.29, 1.82) is 0 Å². The van der Waals surface area contributed by atoms with E-state index in [1.54, 1.807) is 24.7 Å². The molecule has 2 amide bonds. The Morgan fingerprint density at radius 3 is 2.42 bits per heavy atom. The van der Waals surface area contributed by atoms with E-state index in [1.807, 2.05) is 38.1 Å². The Kier molecular flexibility index (Phi) is 6.48. The molecule has 1 saturated heterocycles. The molecule has 4 heterocycles. The number of nitrogens with zero attached hydrogens (tertiary/aromatic N) is 5. The molecule has 0 saturated carbocycles. The van der Waals surface area contributed by atoms with Gasteiger partial charge in [-0.3, -0.25) is 14.8 Å². The molecule has 1 aliphatic heterocycles. The summed E-state index contributed by atoms with van der Waals surface area (Å²) in [5, 5.41) is 11.9. The van der Waals surface area contributed by atoms with Crippen LogP contribution in [0.5, 0.6) is 0 Å². The highest BCUT2D eigenvalue weighted by Gasteiger charge is 2.20. The van der Waals surface area contributed by atoms with Gasteiger partial charge in [-0.2, -0.15) is 0 Å². The molecule has 1 fully saturated rings. The van der Waals surface area contributed by atoms with Crippen LogP contribution in [-0.2, 0) is 11.2 Å². The molecule has 1 aliphatic rings. The lowest BCUT2D eigenvalue weighted by atomic mass is 10.0. The van der Waals surface area contributed by atoms with Crippen molar-refractivity contribution in [3.05, 3.63) is 65.7 Å². The van der Waals surface area contributed by atoms with Crippen LogP contribution in [0.2, 0.25) is 0 Å². The molecule has 0 atom stereocenters. The van der Waals surface area contributed by atoms with Gasteiger partial charge in [-0.15, -0.1) is 0 Å². The van der Waals surface area contributed by atoms with Gasteiger partial charge in [0.25, 0.3) is 0 Å². The van der Waals surface area contributed by atoms with E-state index < -0.39 is 6.09 Å². The molecule has 2 N–H and O–H groups in total. The molecule has 3 aromatic heterocycles. The number of amides is 2. The Labute approximate surface area is 192 Å². The number of rotatable bonds is 5. The Morgan fingerprint density at radius 1 is 1.00 bits per heavy atom. The van der Waals surface area contributed by atoms with Crippen molar-refractivity contribution in [2.45, 2.75) is 20.3 Å². The van der Waals surface area contributed by atoms with Gasteiger partial charge in [-0.25, -0.2) is 9.78 Å². The van der Waals surface area contributed by atoms with E-state index in [0.29, 0.717) is 32.0 Å². The molecule has 0 spiro atoms. The average Bonchev–Trinajstić information content (AvgIpc) is 2.79. The third-order valence-electron chi connectivity index (χ3n) is 5.60. The van der Waals surface area contributed by atoms with Crippen LogP contribution in [0.1, 0.15) is 16.8 Å². The average molecular weight is 447 g/mol. The van der Waals surface area contributed by atoms with E-state index in [9.17, 15) is 9.59 Å². The van der Waals surface area contributed by atoms with Gasteiger partial charge in [0.15, 0.2) is 0 Å². The summed E-state index contributed by atoms with van der Waals surface area (Å²) < 4.78 is 0. The highest BCUT2D eigenvalue weighted by atomic mass is 16.4. The van der Waals surface area contributed by atoms with Crippen molar-refractivity contribution in [2.75, 3.05) is 36.4 Å².